The molecule has 0 heterocycles. The summed E-state index contributed by atoms with van der Waals surface area (Å²) in [6, 6.07) is 3.33. The Balaban J connectivity index is 2.92. The highest BCUT2D eigenvalue weighted by atomic mass is 16.6. The molecule has 0 bridgehead atoms. The minimum Gasteiger partial charge on any atom is -0.487 e. The molecule has 0 aromatic heterocycles. The standard InChI is InChI=1S/C12H15NO6/c1-12(2,16)5-6-19-10-7-8(11(14)15)3-4-9(10)13(17)18/h3-4,7,16H,5-6H2,1-2H3,(H,14,15). The lowest BCUT2D eigenvalue weighted by molar-refractivity contribution is -0.385. The first-order valence-corrected chi connectivity index (χ1v) is 5.57. The lowest BCUT2D eigenvalue weighted by Crippen LogP contribution is -2.22. The molecule has 0 aliphatic rings. The average molecular weight is 269 g/mol. The summed E-state index contributed by atoms with van der Waals surface area (Å²) in [7, 11) is 0. The highest BCUT2D eigenvalue weighted by Crippen LogP contribution is 2.28. The van der Waals surface area contributed by atoms with Gasteiger partial charge in [0.2, 0.25) is 0 Å². The summed E-state index contributed by atoms with van der Waals surface area (Å²) in [5.41, 5.74) is -1.36. The molecule has 0 aliphatic heterocycles. The van der Waals surface area contributed by atoms with Crippen molar-refractivity contribution in [2.45, 2.75) is 25.9 Å². The quantitative estimate of drug-likeness (QED) is 0.602. The third kappa shape index (κ3) is 4.55. The highest BCUT2D eigenvalue weighted by Gasteiger charge is 2.19. The van der Waals surface area contributed by atoms with E-state index in [1.54, 1.807) is 13.8 Å². The van der Waals surface area contributed by atoms with Gasteiger partial charge in [-0.1, -0.05) is 0 Å². The van der Waals surface area contributed by atoms with Crippen LogP contribution >= 0.6 is 0 Å². The second-order valence-corrected chi connectivity index (χ2v) is 4.66. The molecule has 7 nitrogen and oxygen atoms in total. The lowest BCUT2D eigenvalue weighted by atomic mass is 10.1. The molecular formula is C12H15NO6. The lowest BCUT2D eigenvalue weighted by Gasteiger charge is -2.17. The fraction of sp³-hybridized carbons (Fsp3) is 0.417. The summed E-state index contributed by atoms with van der Waals surface area (Å²) < 4.78 is 5.20. The van der Waals surface area contributed by atoms with E-state index < -0.39 is 16.5 Å². The van der Waals surface area contributed by atoms with Gasteiger partial charge in [0.15, 0.2) is 5.75 Å². The van der Waals surface area contributed by atoms with Crippen molar-refractivity contribution in [2.24, 2.45) is 0 Å². The van der Waals surface area contributed by atoms with Crippen LogP contribution in [0.5, 0.6) is 5.75 Å². The number of rotatable bonds is 6. The number of carboxylic acids is 1. The molecule has 2 N–H and O–H groups in total. The summed E-state index contributed by atoms with van der Waals surface area (Å²) in [6.45, 7) is 3.21. The van der Waals surface area contributed by atoms with Crippen LogP contribution in [0.15, 0.2) is 18.2 Å². The molecule has 0 atom stereocenters. The maximum atomic E-state index is 10.8. The molecule has 0 saturated carbocycles. The molecule has 0 spiro atoms. The second-order valence-electron chi connectivity index (χ2n) is 4.66. The van der Waals surface area contributed by atoms with Crippen LogP contribution in [0.1, 0.15) is 30.6 Å². The number of nitro groups is 1. The largest absolute Gasteiger partial charge is 0.487 e. The Bertz CT molecular complexity index is 491. The molecule has 0 fully saturated rings. The van der Waals surface area contributed by atoms with E-state index in [1.807, 2.05) is 0 Å². The van der Waals surface area contributed by atoms with E-state index in [9.17, 15) is 20.0 Å². The Labute approximate surface area is 109 Å². The summed E-state index contributed by atoms with van der Waals surface area (Å²) in [6.07, 6.45) is 0.265. The van der Waals surface area contributed by atoms with Gasteiger partial charge in [-0.05, 0) is 19.9 Å². The van der Waals surface area contributed by atoms with E-state index in [0.29, 0.717) is 0 Å². The number of benzene rings is 1. The SMILES string of the molecule is CC(C)(O)CCOc1cc(C(=O)O)ccc1[N+](=O)[O-]. The molecule has 1 aromatic rings. The number of ether oxygens (including phenoxy) is 1. The van der Waals surface area contributed by atoms with Crippen LogP contribution in [0, 0.1) is 10.1 Å². The van der Waals surface area contributed by atoms with E-state index in [-0.39, 0.29) is 30.0 Å². The zero-order valence-corrected chi connectivity index (χ0v) is 10.6. The Kier molecular flexibility index (Phi) is 4.44. The van der Waals surface area contributed by atoms with Gasteiger partial charge in [-0.25, -0.2) is 4.79 Å². The van der Waals surface area contributed by atoms with Gasteiger partial charge in [0.1, 0.15) is 0 Å². The molecule has 0 amide bonds. The maximum Gasteiger partial charge on any atom is 0.335 e. The van der Waals surface area contributed by atoms with Crippen LogP contribution in [0.2, 0.25) is 0 Å². The second kappa shape index (κ2) is 5.66. The number of nitro benzene ring substituents is 1. The van der Waals surface area contributed by atoms with E-state index in [1.165, 1.54) is 0 Å². The van der Waals surface area contributed by atoms with Crippen LogP contribution < -0.4 is 4.74 Å². The predicted molar refractivity (Wildman–Crippen MR) is 66.5 cm³/mol. The van der Waals surface area contributed by atoms with Crippen molar-refractivity contribution in [1.82, 2.24) is 0 Å². The van der Waals surface area contributed by atoms with Crippen molar-refractivity contribution in [3.8, 4) is 5.75 Å². The van der Waals surface area contributed by atoms with Crippen molar-refractivity contribution in [2.75, 3.05) is 6.61 Å². The Morgan fingerprint density at radius 1 is 1.47 bits per heavy atom. The van der Waals surface area contributed by atoms with Gasteiger partial charge in [0.05, 0.1) is 22.7 Å². The molecule has 0 aliphatic carbocycles. The number of aliphatic hydroxyl groups is 1. The zero-order chi connectivity index (χ0) is 14.6. The third-order valence-electron chi connectivity index (χ3n) is 2.37. The average Bonchev–Trinajstić information content (AvgIpc) is 2.26. The molecule has 1 aromatic carbocycles. The molecule has 19 heavy (non-hydrogen) atoms. The number of hydrogen-bond donors (Lipinski definition) is 2. The van der Waals surface area contributed by atoms with Gasteiger partial charge in [0.25, 0.3) is 0 Å². The van der Waals surface area contributed by atoms with Crippen LogP contribution in [0.3, 0.4) is 0 Å². The van der Waals surface area contributed by atoms with Gasteiger partial charge in [-0.3, -0.25) is 10.1 Å². The molecule has 1 rings (SSSR count). The Morgan fingerprint density at radius 3 is 2.58 bits per heavy atom. The number of carbonyl (C=O) groups is 1. The van der Waals surface area contributed by atoms with Gasteiger partial charge in [0, 0.05) is 18.6 Å². The number of hydrogen-bond acceptors (Lipinski definition) is 5. The van der Waals surface area contributed by atoms with E-state index in [0.717, 1.165) is 18.2 Å². The minimum atomic E-state index is -1.19. The molecule has 104 valence electrons. The molecular weight excluding hydrogens is 254 g/mol. The van der Waals surface area contributed by atoms with E-state index >= 15 is 0 Å². The summed E-state index contributed by atoms with van der Waals surface area (Å²) in [5.74, 6) is -1.31. The first-order chi connectivity index (χ1) is 8.70. The molecule has 0 radical (unpaired) electrons. The van der Waals surface area contributed by atoms with Gasteiger partial charge in [-0.2, -0.15) is 0 Å². The first kappa shape index (κ1) is 14.9. The smallest absolute Gasteiger partial charge is 0.335 e. The van der Waals surface area contributed by atoms with Crippen LogP contribution in [-0.4, -0.2) is 33.3 Å². The van der Waals surface area contributed by atoms with Crippen molar-refractivity contribution >= 4 is 11.7 Å². The van der Waals surface area contributed by atoms with Gasteiger partial charge >= 0.3 is 11.7 Å². The highest BCUT2D eigenvalue weighted by molar-refractivity contribution is 5.88. The third-order valence-corrected chi connectivity index (χ3v) is 2.37. The number of carboxylic acid groups (broad SMARTS) is 1. The van der Waals surface area contributed by atoms with Gasteiger partial charge in [-0.15, -0.1) is 0 Å². The maximum absolute atomic E-state index is 10.8. The molecule has 7 heteroatoms. The Morgan fingerprint density at radius 2 is 2.11 bits per heavy atom. The van der Waals surface area contributed by atoms with Crippen LogP contribution in [0.25, 0.3) is 0 Å². The summed E-state index contributed by atoms with van der Waals surface area (Å²) >= 11 is 0. The number of aromatic carboxylic acids is 1. The topological polar surface area (TPSA) is 110 Å². The Hall–Kier alpha value is -2.15. The molecule has 0 unspecified atom stereocenters. The van der Waals surface area contributed by atoms with Crippen LogP contribution in [-0.2, 0) is 0 Å². The van der Waals surface area contributed by atoms with Crippen molar-refractivity contribution in [3.05, 3.63) is 33.9 Å². The normalized spacial score (nSPS) is 11.1. The van der Waals surface area contributed by atoms with Crippen LogP contribution in [0.4, 0.5) is 5.69 Å². The van der Waals surface area contributed by atoms with Crippen molar-refractivity contribution < 1.29 is 24.7 Å². The molecule has 0 saturated heterocycles. The van der Waals surface area contributed by atoms with E-state index in [4.69, 9.17) is 9.84 Å². The van der Waals surface area contributed by atoms with Crippen molar-refractivity contribution in [1.29, 1.82) is 0 Å². The fourth-order valence-electron chi connectivity index (χ4n) is 1.32. The fourth-order valence-corrected chi connectivity index (χ4v) is 1.32. The summed E-state index contributed by atoms with van der Waals surface area (Å²) in [5, 5.41) is 29.1. The monoisotopic (exact) mass is 269 g/mol. The van der Waals surface area contributed by atoms with Gasteiger partial charge < -0.3 is 14.9 Å². The van der Waals surface area contributed by atoms with E-state index in [2.05, 4.69) is 0 Å². The zero-order valence-electron chi connectivity index (χ0n) is 10.6. The minimum absolute atomic E-state index is 0.0490. The predicted octanol–water partition coefficient (Wildman–Crippen LogP) is 1.83. The van der Waals surface area contributed by atoms with Crippen molar-refractivity contribution in [3.63, 3.8) is 0 Å². The summed E-state index contributed by atoms with van der Waals surface area (Å²) in [4.78, 5) is 20.9. The first-order valence-electron chi connectivity index (χ1n) is 5.57. The number of nitrogens with zero attached hydrogens (tertiary/aromatic N) is 1.